The lowest BCUT2D eigenvalue weighted by atomic mass is 10.0. The molecular formula is C65H84N9O17. The number of carbonyl (C=O) groups excluding carboxylic acids is 10. The third-order valence-electron chi connectivity index (χ3n) is 18.6. The number of benzene rings is 3. The zero-order valence-corrected chi connectivity index (χ0v) is 52.9. The van der Waals surface area contributed by atoms with Gasteiger partial charge in [0.2, 0.25) is 53.2 Å². The average molecular weight is 1260 g/mol. The SMILES string of the molecule is COC(=O)[C@H](Cc1ccc(OC)cc1OC)NC(=O)[C@@H]1CCCN1C(=O)[C@@H]1CCCN1C(=O)[C@@H]1CCCN1C(=O)[C@H](Cc1c(OC)cc(OC)cc1OC)NC(=O)[C@@H]1CCCN1C(=O)[C@@H]1CCCN1C(=O)[C@@H]1CCCN1C(=O)[C@H](Cc1ccc([O])cc1)NC(C)=O. The molecule has 491 valence electrons. The van der Waals surface area contributed by atoms with E-state index >= 15 is 14.4 Å². The number of likely N-dealkylation sites (tertiary alicyclic amines) is 6. The minimum Gasteiger partial charge on any atom is -0.497 e. The highest BCUT2D eigenvalue weighted by Crippen LogP contribution is 2.37. The Balaban J connectivity index is 0.908. The summed E-state index contributed by atoms with van der Waals surface area (Å²) in [6, 6.07) is 4.85. The summed E-state index contributed by atoms with van der Waals surface area (Å²) in [5.74, 6) is -3.43. The first-order chi connectivity index (χ1) is 43.8. The maximum absolute atomic E-state index is 15.5. The van der Waals surface area contributed by atoms with Crippen molar-refractivity contribution in [1.82, 2.24) is 45.3 Å². The molecule has 26 heteroatoms. The van der Waals surface area contributed by atoms with Crippen molar-refractivity contribution < 1.29 is 81.5 Å². The summed E-state index contributed by atoms with van der Waals surface area (Å²) in [6.45, 7) is 2.53. The van der Waals surface area contributed by atoms with E-state index in [0.29, 0.717) is 98.1 Å². The van der Waals surface area contributed by atoms with Gasteiger partial charge in [0, 0.05) is 89.2 Å². The van der Waals surface area contributed by atoms with Crippen LogP contribution in [0, 0.1) is 0 Å². The Morgan fingerprint density at radius 1 is 0.429 bits per heavy atom. The number of methoxy groups -OCH3 is 6. The number of carbonyl (C=O) groups is 10. The first kappa shape index (κ1) is 66.6. The fourth-order valence-electron chi connectivity index (χ4n) is 14.0. The smallest absolute Gasteiger partial charge is 0.328 e. The Kier molecular flexibility index (Phi) is 21.8. The molecule has 6 fully saturated rings. The number of nitrogens with zero attached hydrogens (tertiary/aromatic N) is 6. The molecule has 1 radical (unpaired) electrons. The van der Waals surface area contributed by atoms with Gasteiger partial charge < -0.3 is 73.8 Å². The van der Waals surface area contributed by atoms with Gasteiger partial charge in [-0.15, -0.1) is 0 Å². The topological polar surface area (TPSA) is 302 Å². The third kappa shape index (κ3) is 14.7. The summed E-state index contributed by atoms with van der Waals surface area (Å²) in [6.07, 6.45) is 4.46. The molecule has 0 aromatic heterocycles. The number of amides is 9. The van der Waals surface area contributed by atoms with Crippen LogP contribution in [0.25, 0.3) is 0 Å². The van der Waals surface area contributed by atoms with Crippen LogP contribution < -0.4 is 39.6 Å². The van der Waals surface area contributed by atoms with Crippen molar-refractivity contribution in [2.75, 3.05) is 81.9 Å². The number of rotatable bonds is 23. The van der Waals surface area contributed by atoms with E-state index in [2.05, 4.69) is 16.0 Å². The molecule has 6 saturated heterocycles. The summed E-state index contributed by atoms with van der Waals surface area (Å²) < 4.78 is 33.1. The molecule has 26 nitrogen and oxygen atoms in total. The molecule has 9 atom stereocenters. The van der Waals surface area contributed by atoms with Crippen molar-refractivity contribution in [3.05, 3.63) is 71.3 Å². The number of ether oxygens (including phenoxy) is 6. The molecule has 91 heavy (non-hydrogen) atoms. The molecule has 3 aromatic rings. The van der Waals surface area contributed by atoms with E-state index in [4.69, 9.17) is 28.4 Å². The van der Waals surface area contributed by atoms with Crippen LogP contribution in [-0.4, -0.2) is 225 Å². The molecule has 0 spiro atoms. The van der Waals surface area contributed by atoms with Crippen LogP contribution in [0.3, 0.4) is 0 Å². The molecule has 9 amide bonds. The summed E-state index contributed by atoms with van der Waals surface area (Å²) in [5.41, 5.74) is 1.65. The molecular weight excluding hydrogens is 1180 g/mol. The molecule has 0 bridgehead atoms. The average Bonchev–Trinajstić information content (AvgIpc) is 1.79. The number of hydrogen-bond donors (Lipinski definition) is 3. The van der Waals surface area contributed by atoms with Crippen LogP contribution in [0.1, 0.15) is 101 Å². The van der Waals surface area contributed by atoms with Crippen molar-refractivity contribution in [1.29, 1.82) is 0 Å². The molecule has 6 aliphatic heterocycles. The fourth-order valence-corrected chi connectivity index (χ4v) is 14.0. The minimum absolute atomic E-state index is 0.0168. The van der Waals surface area contributed by atoms with Gasteiger partial charge >= 0.3 is 5.97 Å². The quantitative estimate of drug-likeness (QED) is 0.115. The van der Waals surface area contributed by atoms with Gasteiger partial charge in [-0.1, -0.05) is 18.2 Å². The van der Waals surface area contributed by atoms with E-state index in [9.17, 15) is 38.7 Å². The predicted molar refractivity (Wildman–Crippen MR) is 325 cm³/mol. The van der Waals surface area contributed by atoms with Crippen LogP contribution in [0.15, 0.2) is 54.6 Å². The van der Waals surface area contributed by atoms with E-state index in [-0.39, 0.29) is 88.6 Å². The van der Waals surface area contributed by atoms with Crippen molar-refractivity contribution >= 4 is 59.1 Å². The standard InChI is InChI=1S/C65H84N9O17/c1-38(75)66-45(32-39-20-23-41(76)24-21-39)59(79)71-28-10-16-50(71)63(83)73-30-12-18-52(73)61(81)69-26-8-14-48(69)57(77)67-46(37-44-55(89-5)35-43(87-3)36-56(44)90-6)60(80)72-29-11-17-51(72)64(84)74-31-13-19-53(74)62(82)70-27-9-15-49(70)58(78)68-47(65(85)91-7)33-40-22-25-42(86-2)34-54(40)88-4/h20-25,34-36,45-53H,8-19,26-33,37H2,1-7H3,(H,66,75)(H,67,77)(H,68,78)/t45-,46-,47-,48-,49-,50-,51-,52-,53-/m0/s1. The largest absolute Gasteiger partial charge is 0.497 e. The Morgan fingerprint density at radius 2 is 0.813 bits per heavy atom. The summed E-state index contributed by atoms with van der Waals surface area (Å²) in [4.78, 5) is 153. The van der Waals surface area contributed by atoms with Gasteiger partial charge in [0.1, 0.15) is 83.1 Å². The zero-order valence-electron chi connectivity index (χ0n) is 52.9. The van der Waals surface area contributed by atoms with E-state index in [1.54, 1.807) is 42.5 Å². The Bertz CT molecular complexity index is 3190. The molecule has 0 aliphatic carbocycles. The van der Waals surface area contributed by atoms with Crippen LogP contribution >= 0.6 is 0 Å². The van der Waals surface area contributed by atoms with Gasteiger partial charge in [0.15, 0.2) is 5.75 Å². The first-order valence-electron chi connectivity index (χ1n) is 31.4. The van der Waals surface area contributed by atoms with Crippen molar-refractivity contribution in [3.8, 4) is 34.5 Å². The second-order valence-corrected chi connectivity index (χ2v) is 24.0. The van der Waals surface area contributed by atoms with Crippen LogP contribution in [0.4, 0.5) is 0 Å². The second kappa shape index (κ2) is 29.9. The summed E-state index contributed by atoms with van der Waals surface area (Å²) in [5, 5.41) is 20.3. The number of nitrogens with one attached hydrogen (secondary N) is 3. The summed E-state index contributed by atoms with van der Waals surface area (Å²) >= 11 is 0. The van der Waals surface area contributed by atoms with Gasteiger partial charge in [-0.3, -0.25) is 48.3 Å². The van der Waals surface area contributed by atoms with Gasteiger partial charge in [-0.25, -0.2) is 4.79 Å². The highest BCUT2D eigenvalue weighted by molar-refractivity contribution is 5.99. The Morgan fingerprint density at radius 3 is 1.23 bits per heavy atom. The lowest BCUT2D eigenvalue weighted by Crippen LogP contribution is -2.60. The van der Waals surface area contributed by atoms with Crippen LogP contribution in [-0.2, 0) is 77.1 Å². The third-order valence-corrected chi connectivity index (χ3v) is 18.6. The minimum atomic E-state index is -1.36. The normalized spacial score (nSPS) is 22.2. The molecule has 6 heterocycles. The predicted octanol–water partition coefficient (Wildman–Crippen LogP) is 2.49. The number of hydrogen-bond acceptors (Lipinski definition) is 16. The molecule has 6 aliphatic rings. The maximum Gasteiger partial charge on any atom is 0.328 e. The molecule has 0 saturated carbocycles. The lowest BCUT2D eigenvalue weighted by Gasteiger charge is -2.36. The van der Waals surface area contributed by atoms with Gasteiger partial charge in [0.25, 0.3) is 0 Å². The first-order valence-corrected chi connectivity index (χ1v) is 31.4. The van der Waals surface area contributed by atoms with E-state index < -0.39 is 114 Å². The number of esters is 1. The molecule has 0 unspecified atom stereocenters. The van der Waals surface area contributed by atoms with Gasteiger partial charge in [-0.2, -0.15) is 0 Å². The van der Waals surface area contributed by atoms with Gasteiger partial charge in [-0.05, 0) is 106 Å². The lowest BCUT2D eigenvalue weighted by molar-refractivity contribution is -0.152. The maximum atomic E-state index is 15.5. The fraction of sp³-hybridized carbons (Fsp3) is 0.569. The highest BCUT2D eigenvalue weighted by atomic mass is 16.5. The summed E-state index contributed by atoms with van der Waals surface area (Å²) in [7, 11) is 8.56. The molecule has 3 N–H and O–H groups in total. The zero-order chi connectivity index (χ0) is 65.2. The van der Waals surface area contributed by atoms with Crippen molar-refractivity contribution in [2.45, 2.75) is 158 Å². The van der Waals surface area contributed by atoms with Crippen LogP contribution in [0.5, 0.6) is 34.5 Å². The highest BCUT2D eigenvalue weighted by Gasteiger charge is 2.50. The second-order valence-electron chi connectivity index (χ2n) is 24.0. The molecule has 3 aromatic carbocycles. The monoisotopic (exact) mass is 1260 g/mol. The van der Waals surface area contributed by atoms with Crippen LogP contribution in [0.2, 0.25) is 0 Å². The Hall–Kier alpha value is -8.84. The molecule has 9 rings (SSSR count). The van der Waals surface area contributed by atoms with E-state index in [1.165, 1.54) is 91.1 Å². The van der Waals surface area contributed by atoms with E-state index in [0.717, 1.165) is 0 Å². The van der Waals surface area contributed by atoms with E-state index in [1.807, 2.05) is 0 Å². The van der Waals surface area contributed by atoms with Crippen molar-refractivity contribution in [3.63, 3.8) is 0 Å². The Labute approximate surface area is 529 Å². The van der Waals surface area contributed by atoms with Crippen molar-refractivity contribution in [2.24, 2.45) is 0 Å². The van der Waals surface area contributed by atoms with Gasteiger partial charge in [0.05, 0.1) is 42.7 Å².